The second kappa shape index (κ2) is 4.77. The second-order valence-electron chi connectivity index (χ2n) is 6.57. The summed E-state index contributed by atoms with van der Waals surface area (Å²) >= 11 is 0. The van der Waals surface area contributed by atoms with Crippen molar-refractivity contribution in [3.63, 3.8) is 0 Å². The van der Waals surface area contributed by atoms with Crippen molar-refractivity contribution in [2.45, 2.75) is 30.1 Å². The van der Waals surface area contributed by atoms with Gasteiger partial charge in [-0.15, -0.1) is 0 Å². The molecule has 0 N–H and O–H groups in total. The Hall–Kier alpha value is -2.05. The molecule has 1 aromatic carbocycles. The quantitative estimate of drug-likeness (QED) is 0.712. The molecule has 25 heavy (non-hydrogen) atoms. The molecule has 0 aromatic heterocycles. The van der Waals surface area contributed by atoms with Gasteiger partial charge in [-0.3, -0.25) is 4.31 Å². The molecule has 9 heteroatoms. The Kier molecular flexibility index (Phi) is 3.13. The van der Waals surface area contributed by atoms with Gasteiger partial charge in [-0.05, 0) is 25.1 Å². The fraction of sp³-hybridized carbons (Fsp3) is 0.438. The summed E-state index contributed by atoms with van der Waals surface area (Å²) in [5, 5.41) is 8.88. The highest BCUT2D eigenvalue weighted by molar-refractivity contribution is 7.94. The number of rotatable bonds is 1. The largest absolute Gasteiger partial charge is 0.417 e. The van der Waals surface area contributed by atoms with Crippen molar-refractivity contribution in [2.75, 3.05) is 10.8 Å². The first-order valence-electron chi connectivity index (χ1n) is 7.58. The van der Waals surface area contributed by atoms with Crippen LogP contribution in [0, 0.1) is 17.2 Å². The summed E-state index contributed by atoms with van der Waals surface area (Å²) in [6, 6.07) is 4.48. The molecule has 3 aliphatic heterocycles. The first-order valence-corrected chi connectivity index (χ1v) is 9.02. The predicted molar refractivity (Wildman–Crippen MR) is 82.1 cm³/mol. The van der Waals surface area contributed by atoms with E-state index in [9.17, 15) is 21.6 Å². The summed E-state index contributed by atoms with van der Waals surface area (Å²) in [6.07, 6.45) is -2.19. The molecule has 2 bridgehead atoms. The number of sulfonamides is 1. The van der Waals surface area contributed by atoms with Crippen molar-refractivity contribution in [3.05, 3.63) is 41.5 Å². The molecule has 4 rings (SSSR count). The van der Waals surface area contributed by atoms with Crippen molar-refractivity contribution in [1.29, 1.82) is 5.26 Å². The van der Waals surface area contributed by atoms with Crippen molar-refractivity contribution in [2.24, 2.45) is 5.92 Å². The average molecular weight is 370 g/mol. The van der Waals surface area contributed by atoms with E-state index in [0.29, 0.717) is 0 Å². The molecule has 4 atom stereocenters. The van der Waals surface area contributed by atoms with Gasteiger partial charge in [0.05, 0.1) is 35.1 Å². The van der Waals surface area contributed by atoms with Crippen LogP contribution in [-0.2, 0) is 20.9 Å². The van der Waals surface area contributed by atoms with Crippen LogP contribution >= 0.6 is 0 Å². The molecule has 0 amide bonds. The Morgan fingerprint density at radius 3 is 2.68 bits per heavy atom. The number of nitrogens with zero attached hydrogens (tertiary/aromatic N) is 2. The van der Waals surface area contributed by atoms with E-state index in [4.69, 9.17) is 10.00 Å². The van der Waals surface area contributed by atoms with Gasteiger partial charge in [-0.1, -0.05) is 12.2 Å². The van der Waals surface area contributed by atoms with Gasteiger partial charge in [0.1, 0.15) is 4.75 Å². The first-order chi connectivity index (χ1) is 11.6. The Morgan fingerprint density at radius 1 is 1.36 bits per heavy atom. The molecule has 0 aliphatic carbocycles. The third kappa shape index (κ3) is 1.95. The number of anilines is 1. The van der Waals surface area contributed by atoms with Crippen LogP contribution in [0.2, 0.25) is 0 Å². The smallest absolute Gasteiger partial charge is 0.365 e. The van der Waals surface area contributed by atoms with Crippen molar-refractivity contribution in [1.82, 2.24) is 0 Å². The minimum absolute atomic E-state index is 0.0491. The zero-order valence-corrected chi connectivity index (χ0v) is 13.8. The van der Waals surface area contributed by atoms with Crippen LogP contribution in [0.15, 0.2) is 30.4 Å². The Labute approximate surface area is 142 Å². The lowest BCUT2D eigenvalue weighted by Crippen LogP contribution is -2.46. The van der Waals surface area contributed by atoms with Gasteiger partial charge in [-0.2, -0.15) is 18.4 Å². The van der Waals surface area contributed by atoms with Gasteiger partial charge in [0.15, 0.2) is 0 Å². The molecular weight excluding hydrogens is 357 g/mol. The standard InChI is InChI=1S/C16H13F3N2O3S/c1-15-12(13-4-5-14(15)24-13)8-21(25(15,22)23)10-3-2-9(7-20)11(6-10)16(17,18)19/h2-6,12-14H,8H2,1H3/t12-,13+,14-,15-/m1/s1. The highest BCUT2D eigenvalue weighted by Crippen LogP contribution is 2.53. The fourth-order valence-electron chi connectivity index (χ4n) is 3.96. The predicted octanol–water partition coefficient (Wildman–Crippen LogP) is 2.44. The SMILES string of the molecule is C[C@]12[C@H](CN(c3ccc(C#N)c(C(F)(F)F)c3)S1(=O)=O)[C@@H]1C=C[C@H]2O1. The lowest BCUT2D eigenvalue weighted by molar-refractivity contribution is -0.137. The number of alkyl halides is 3. The number of nitriles is 1. The van der Waals surface area contributed by atoms with Crippen molar-refractivity contribution >= 4 is 15.7 Å². The summed E-state index contributed by atoms with van der Waals surface area (Å²) in [5.41, 5.74) is -1.76. The van der Waals surface area contributed by atoms with Crippen molar-refractivity contribution in [3.8, 4) is 6.07 Å². The topological polar surface area (TPSA) is 70.4 Å². The van der Waals surface area contributed by atoms with E-state index >= 15 is 0 Å². The van der Waals surface area contributed by atoms with E-state index in [-0.39, 0.29) is 24.3 Å². The number of halogens is 3. The first kappa shape index (κ1) is 16.4. The van der Waals surface area contributed by atoms with E-state index < -0.39 is 38.2 Å². The highest BCUT2D eigenvalue weighted by Gasteiger charge is 2.68. The maximum atomic E-state index is 13.2. The van der Waals surface area contributed by atoms with Gasteiger partial charge in [0.2, 0.25) is 10.0 Å². The van der Waals surface area contributed by atoms with Gasteiger partial charge < -0.3 is 4.74 Å². The third-order valence-electron chi connectivity index (χ3n) is 5.40. The molecular formula is C16H13F3N2O3S. The molecule has 2 saturated heterocycles. The number of hydrogen-bond donors (Lipinski definition) is 0. The summed E-state index contributed by atoms with van der Waals surface area (Å²) < 4.78 is 71.2. The molecule has 0 saturated carbocycles. The molecule has 3 aliphatic rings. The van der Waals surface area contributed by atoms with Crippen LogP contribution in [0.1, 0.15) is 18.1 Å². The Morgan fingerprint density at radius 2 is 2.08 bits per heavy atom. The monoisotopic (exact) mass is 370 g/mol. The molecule has 5 nitrogen and oxygen atoms in total. The molecule has 132 valence electrons. The zero-order valence-electron chi connectivity index (χ0n) is 13.0. The molecule has 0 radical (unpaired) electrons. The van der Waals surface area contributed by atoms with E-state index in [1.54, 1.807) is 19.1 Å². The number of fused-ring (bicyclic) bond motifs is 5. The molecule has 1 aromatic rings. The van der Waals surface area contributed by atoms with E-state index in [0.717, 1.165) is 16.4 Å². The maximum Gasteiger partial charge on any atom is 0.417 e. The summed E-state index contributed by atoms with van der Waals surface area (Å²) in [7, 11) is -3.92. The summed E-state index contributed by atoms with van der Waals surface area (Å²) in [6.45, 7) is 1.63. The van der Waals surface area contributed by atoms with Crippen molar-refractivity contribution < 1.29 is 26.3 Å². The second-order valence-corrected chi connectivity index (χ2v) is 8.84. The van der Waals surface area contributed by atoms with Crippen LogP contribution in [0.5, 0.6) is 0 Å². The highest BCUT2D eigenvalue weighted by atomic mass is 32.2. The Bertz CT molecular complexity index is 935. The Balaban J connectivity index is 1.82. The van der Waals surface area contributed by atoms with Crippen LogP contribution in [0.25, 0.3) is 0 Å². The zero-order chi connectivity index (χ0) is 18.2. The van der Waals surface area contributed by atoms with Crippen LogP contribution < -0.4 is 4.31 Å². The van der Waals surface area contributed by atoms with Crippen LogP contribution in [0.4, 0.5) is 18.9 Å². The van der Waals surface area contributed by atoms with Gasteiger partial charge in [0.25, 0.3) is 0 Å². The van der Waals surface area contributed by atoms with E-state index in [2.05, 4.69) is 0 Å². The normalized spacial score (nSPS) is 35.0. The molecule has 0 unspecified atom stereocenters. The lowest BCUT2D eigenvalue weighted by Gasteiger charge is -2.28. The van der Waals surface area contributed by atoms with Crippen LogP contribution in [0.3, 0.4) is 0 Å². The van der Waals surface area contributed by atoms with E-state index in [1.807, 2.05) is 0 Å². The number of benzene rings is 1. The summed E-state index contributed by atoms with van der Waals surface area (Å²) in [5.74, 6) is -0.350. The van der Waals surface area contributed by atoms with E-state index in [1.165, 1.54) is 12.1 Å². The molecule has 2 fully saturated rings. The number of ether oxygens (including phenoxy) is 1. The molecule has 0 spiro atoms. The van der Waals surface area contributed by atoms with Gasteiger partial charge >= 0.3 is 6.18 Å². The van der Waals surface area contributed by atoms with Gasteiger partial charge in [0, 0.05) is 12.5 Å². The lowest BCUT2D eigenvalue weighted by atomic mass is 9.83. The number of hydrogen-bond acceptors (Lipinski definition) is 4. The van der Waals surface area contributed by atoms with Crippen LogP contribution in [-0.4, -0.2) is 31.9 Å². The fourth-order valence-corrected chi connectivity index (χ4v) is 6.21. The minimum atomic E-state index is -4.74. The third-order valence-corrected chi connectivity index (χ3v) is 7.99. The minimum Gasteiger partial charge on any atom is -0.365 e. The maximum absolute atomic E-state index is 13.2. The molecule has 3 heterocycles. The summed E-state index contributed by atoms with van der Waals surface area (Å²) in [4.78, 5) is 0. The average Bonchev–Trinajstić information content (AvgIpc) is 3.17. The van der Waals surface area contributed by atoms with Gasteiger partial charge in [-0.25, -0.2) is 8.42 Å².